The van der Waals surface area contributed by atoms with E-state index in [1.807, 2.05) is 0 Å². The molecule has 0 saturated carbocycles. The Balaban J connectivity index is 2.54. The molecule has 1 fully saturated rings. The van der Waals surface area contributed by atoms with Crippen LogP contribution in [0.2, 0.25) is 0 Å². The van der Waals surface area contributed by atoms with Gasteiger partial charge in [-0.3, -0.25) is 0 Å². The molecule has 1 aliphatic heterocycles. The molecule has 1 atom stereocenters. The Morgan fingerprint density at radius 3 is 2.38 bits per heavy atom. The number of nitrogens with two attached hydrogens (primary N) is 1. The van der Waals surface area contributed by atoms with E-state index in [-0.39, 0.29) is 11.5 Å². The van der Waals surface area contributed by atoms with Crippen molar-refractivity contribution in [3.63, 3.8) is 0 Å². The van der Waals surface area contributed by atoms with Crippen molar-refractivity contribution in [2.45, 2.75) is 19.9 Å². The van der Waals surface area contributed by atoms with E-state index in [0.29, 0.717) is 0 Å². The van der Waals surface area contributed by atoms with Crippen LogP contribution >= 0.6 is 0 Å². The molecule has 8 heavy (non-hydrogen) atoms. The molecule has 2 N–H and O–H groups in total. The Kier molecular flexibility index (Phi) is 1.29. The van der Waals surface area contributed by atoms with E-state index in [9.17, 15) is 0 Å². The Bertz CT molecular complexity index is 90.5. The van der Waals surface area contributed by atoms with Gasteiger partial charge in [-0.1, -0.05) is 13.8 Å². The zero-order chi connectivity index (χ0) is 6.20. The van der Waals surface area contributed by atoms with E-state index in [0.717, 1.165) is 13.2 Å². The lowest BCUT2D eigenvalue weighted by atomic mass is 9.89. The predicted octanol–water partition coefficient (Wildman–Crippen LogP) is 0.370. The first-order valence-corrected chi connectivity index (χ1v) is 2.96. The summed E-state index contributed by atoms with van der Waals surface area (Å²) in [6.07, 6.45) is 0. The number of hydrogen-bond donors (Lipinski definition) is 1. The number of hydrogen-bond acceptors (Lipinski definition) is 2. The fraction of sp³-hybridized carbons (Fsp3) is 1.00. The molecule has 0 bridgehead atoms. The molecule has 0 unspecified atom stereocenters. The normalized spacial score (nSPS) is 35.6. The Morgan fingerprint density at radius 1 is 1.62 bits per heavy atom. The van der Waals surface area contributed by atoms with Crippen molar-refractivity contribution in [1.82, 2.24) is 0 Å². The van der Waals surface area contributed by atoms with Crippen LogP contribution in [0.3, 0.4) is 0 Å². The van der Waals surface area contributed by atoms with Crippen molar-refractivity contribution < 1.29 is 4.74 Å². The Hall–Kier alpha value is -0.0800. The van der Waals surface area contributed by atoms with Gasteiger partial charge in [0.15, 0.2) is 0 Å². The smallest absolute Gasteiger partial charge is 0.0623 e. The second-order valence-corrected chi connectivity index (χ2v) is 3.11. The average molecular weight is 115 g/mol. The van der Waals surface area contributed by atoms with Gasteiger partial charge in [-0.05, 0) is 0 Å². The standard InChI is InChI=1S/C6H13NO/c1-6(2)4-8-3-5(6)7/h5H,3-4,7H2,1-2H3/t5-/m0/s1. The molecule has 0 spiro atoms. The van der Waals surface area contributed by atoms with E-state index in [1.54, 1.807) is 0 Å². The molecule has 2 heteroatoms. The third-order valence-electron chi connectivity index (χ3n) is 1.78. The third kappa shape index (κ3) is 0.858. The highest BCUT2D eigenvalue weighted by atomic mass is 16.5. The van der Waals surface area contributed by atoms with Crippen LogP contribution in [0.1, 0.15) is 13.8 Å². The van der Waals surface area contributed by atoms with Crippen molar-refractivity contribution in [3.8, 4) is 0 Å². The summed E-state index contributed by atoms with van der Waals surface area (Å²) < 4.78 is 5.15. The topological polar surface area (TPSA) is 35.2 Å². The lowest BCUT2D eigenvalue weighted by Gasteiger charge is -2.19. The SMILES string of the molecule is CC1(C)COC[C@@H]1N. The van der Waals surface area contributed by atoms with Gasteiger partial charge in [0, 0.05) is 11.5 Å². The summed E-state index contributed by atoms with van der Waals surface area (Å²) in [7, 11) is 0. The van der Waals surface area contributed by atoms with Gasteiger partial charge < -0.3 is 10.5 Å². The van der Waals surface area contributed by atoms with E-state index in [2.05, 4.69) is 13.8 Å². The van der Waals surface area contributed by atoms with Gasteiger partial charge in [0.25, 0.3) is 0 Å². The van der Waals surface area contributed by atoms with Crippen molar-refractivity contribution in [3.05, 3.63) is 0 Å². The van der Waals surface area contributed by atoms with Crippen LogP contribution in [0.5, 0.6) is 0 Å². The van der Waals surface area contributed by atoms with Crippen molar-refractivity contribution in [2.24, 2.45) is 11.1 Å². The van der Waals surface area contributed by atoms with Gasteiger partial charge in [0.1, 0.15) is 0 Å². The Morgan fingerprint density at radius 2 is 2.25 bits per heavy atom. The highest BCUT2D eigenvalue weighted by Crippen LogP contribution is 2.24. The van der Waals surface area contributed by atoms with Crippen molar-refractivity contribution in [2.75, 3.05) is 13.2 Å². The summed E-state index contributed by atoms with van der Waals surface area (Å²) in [5.74, 6) is 0. The molecule has 0 radical (unpaired) electrons. The minimum Gasteiger partial charge on any atom is -0.379 e. The maximum atomic E-state index is 5.69. The lowest BCUT2D eigenvalue weighted by molar-refractivity contribution is 0.167. The minimum absolute atomic E-state index is 0.208. The van der Waals surface area contributed by atoms with Gasteiger partial charge in [-0.15, -0.1) is 0 Å². The van der Waals surface area contributed by atoms with E-state index < -0.39 is 0 Å². The molecule has 1 aliphatic rings. The molecular formula is C6H13NO. The summed E-state index contributed by atoms with van der Waals surface area (Å²) in [4.78, 5) is 0. The minimum atomic E-state index is 0.208. The molecule has 1 heterocycles. The molecule has 0 aromatic heterocycles. The maximum Gasteiger partial charge on any atom is 0.0623 e. The zero-order valence-corrected chi connectivity index (χ0v) is 5.48. The highest BCUT2D eigenvalue weighted by Gasteiger charge is 2.32. The highest BCUT2D eigenvalue weighted by molar-refractivity contribution is 4.85. The summed E-state index contributed by atoms with van der Waals surface area (Å²) >= 11 is 0. The van der Waals surface area contributed by atoms with Crippen LogP contribution in [-0.4, -0.2) is 19.3 Å². The van der Waals surface area contributed by atoms with Crippen LogP contribution in [-0.2, 0) is 4.74 Å². The van der Waals surface area contributed by atoms with Gasteiger partial charge in [-0.25, -0.2) is 0 Å². The average Bonchev–Trinajstić information content (AvgIpc) is 1.86. The second kappa shape index (κ2) is 1.71. The molecule has 0 amide bonds. The van der Waals surface area contributed by atoms with Crippen LogP contribution in [0.4, 0.5) is 0 Å². The summed E-state index contributed by atoms with van der Waals surface area (Å²) in [5, 5.41) is 0. The molecule has 0 aliphatic carbocycles. The van der Waals surface area contributed by atoms with Crippen LogP contribution in [0.15, 0.2) is 0 Å². The summed E-state index contributed by atoms with van der Waals surface area (Å²) in [6.45, 7) is 5.80. The maximum absolute atomic E-state index is 5.69. The predicted molar refractivity (Wildman–Crippen MR) is 32.6 cm³/mol. The lowest BCUT2D eigenvalue weighted by Crippen LogP contribution is -2.35. The van der Waals surface area contributed by atoms with Gasteiger partial charge in [0.05, 0.1) is 13.2 Å². The third-order valence-corrected chi connectivity index (χ3v) is 1.78. The van der Waals surface area contributed by atoms with Gasteiger partial charge in [0.2, 0.25) is 0 Å². The molecule has 0 aromatic carbocycles. The molecule has 48 valence electrons. The van der Waals surface area contributed by atoms with E-state index in [4.69, 9.17) is 10.5 Å². The first-order valence-electron chi connectivity index (χ1n) is 2.96. The molecule has 0 aromatic rings. The monoisotopic (exact) mass is 115 g/mol. The van der Waals surface area contributed by atoms with Gasteiger partial charge >= 0.3 is 0 Å². The number of rotatable bonds is 0. The fourth-order valence-corrected chi connectivity index (χ4v) is 0.782. The van der Waals surface area contributed by atoms with Crippen molar-refractivity contribution in [1.29, 1.82) is 0 Å². The molecular weight excluding hydrogens is 102 g/mol. The van der Waals surface area contributed by atoms with Crippen LogP contribution < -0.4 is 5.73 Å². The Labute approximate surface area is 50.0 Å². The van der Waals surface area contributed by atoms with Crippen LogP contribution in [0, 0.1) is 5.41 Å². The largest absolute Gasteiger partial charge is 0.379 e. The second-order valence-electron chi connectivity index (χ2n) is 3.11. The van der Waals surface area contributed by atoms with E-state index in [1.165, 1.54) is 0 Å². The summed E-state index contributed by atoms with van der Waals surface area (Å²) in [6, 6.07) is 0.238. The molecule has 1 rings (SSSR count). The van der Waals surface area contributed by atoms with Gasteiger partial charge in [-0.2, -0.15) is 0 Å². The molecule has 2 nitrogen and oxygen atoms in total. The summed E-state index contributed by atoms with van der Waals surface area (Å²) in [5.41, 5.74) is 5.90. The number of ether oxygens (including phenoxy) is 1. The van der Waals surface area contributed by atoms with Crippen LogP contribution in [0.25, 0.3) is 0 Å². The first kappa shape index (κ1) is 6.05. The quantitative estimate of drug-likeness (QED) is 0.495. The fourth-order valence-electron chi connectivity index (χ4n) is 0.782. The first-order chi connectivity index (χ1) is 3.63. The van der Waals surface area contributed by atoms with E-state index >= 15 is 0 Å². The zero-order valence-electron chi connectivity index (χ0n) is 5.48. The molecule has 1 saturated heterocycles. The van der Waals surface area contributed by atoms with Crippen molar-refractivity contribution >= 4 is 0 Å².